The molecule has 0 aliphatic carbocycles. The number of pyridine rings is 1. The summed E-state index contributed by atoms with van der Waals surface area (Å²) in [6, 6.07) is 19.5. The second-order valence-corrected chi connectivity index (χ2v) is 8.08. The van der Waals surface area contributed by atoms with Crippen LogP contribution in [0, 0.1) is 0 Å². The van der Waals surface area contributed by atoms with Gasteiger partial charge >= 0.3 is 0 Å². The van der Waals surface area contributed by atoms with Gasteiger partial charge in [0.2, 0.25) is 5.91 Å². The number of hydrogen-bond donors (Lipinski definition) is 1. The highest BCUT2D eigenvalue weighted by molar-refractivity contribution is 5.79. The van der Waals surface area contributed by atoms with Crippen LogP contribution in [-0.2, 0) is 22.6 Å². The lowest BCUT2D eigenvalue weighted by molar-refractivity contribution is -0.121. The van der Waals surface area contributed by atoms with Gasteiger partial charge in [-0.05, 0) is 48.7 Å². The van der Waals surface area contributed by atoms with Crippen LogP contribution in [0.2, 0.25) is 0 Å². The van der Waals surface area contributed by atoms with E-state index in [1.54, 1.807) is 13.1 Å². The third-order valence-electron chi connectivity index (χ3n) is 5.73. The fourth-order valence-corrected chi connectivity index (χ4v) is 3.73. The molecule has 6 heteroatoms. The molecule has 0 fully saturated rings. The molecule has 2 aromatic carbocycles. The Labute approximate surface area is 194 Å². The topological polar surface area (TPSA) is 79.4 Å². The van der Waals surface area contributed by atoms with E-state index in [-0.39, 0.29) is 12.3 Å². The minimum atomic E-state index is -0.416. The molecule has 0 aliphatic heterocycles. The highest BCUT2D eigenvalue weighted by Crippen LogP contribution is 2.23. The second kappa shape index (κ2) is 11.8. The highest BCUT2D eigenvalue weighted by atomic mass is 16.1. The number of benzene rings is 2. The zero-order chi connectivity index (χ0) is 23.6. The lowest BCUT2D eigenvalue weighted by atomic mass is 10.0. The van der Waals surface area contributed by atoms with E-state index in [9.17, 15) is 14.4 Å². The van der Waals surface area contributed by atoms with Crippen molar-refractivity contribution in [2.75, 3.05) is 14.1 Å². The lowest BCUT2D eigenvalue weighted by Crippen LogP contribution is -2.34. The molecular weight excluding hydrogens is 414 g/mol. The molecule has 1 unspecified atom stereocenters. The van der Waals surface area contributed by atoms with E-state index in [4.69, 9.17) is 0 Å². The maximum absolute atomic E-state index is 11.6. The molecule has 1 heterocycles. The van der Waals surface area contributed by atoms with Crippen molar-refractivity contribution in [3.63, 3.8) is 0 Å². The number of likely N-dealkylation sites (N-methyl/N-ethyl adjacent to an activating group) is 1. The molecule has 3 aromatic rings. The number of aldehydes is 2. The van der Waals surface area contributed by atoms with Gasteiger partial charge in [0.15, 0.2) is 0 Å². The van der Waals surface area contributed by atoms with Crippen molar-refractivity contribution in [1.82, 2.24) is 15.2 Å². The van der Waals surface area contributed by atoms with Crippen molar-refractivity contribution in [2.45, 2.75) is 31.8 Å². The number of nitrogens with one attached hydrogen (secondary N) is 1. The third-order valence-corrected chi connectivity index (χ3v) is 5.73. The first kappa shape index (κ1) is 24.0. The van der Waals surface area contributed by atoms with Crippen molar-refractivity contribution in [3.8, 4) is 11.3 Å². The van der Waals surface area contributed by atoms with Gasteiger partial charge in [-0.3, -0.25) is 19.5 Å². The number of rotatable bonds is 11. The first-order valence-electron chi connectivity index (χ1n) is 11.0. The van der Waals surface area contributed by atoms with Gasteiger partial charge < -0.3 is 10.1 Å². The van der Waals surface area contributed by atoms with Gasteiger partial charge in [-0.25, -0.2) is 0 Å². The van der Waals surface area contributed by atoms with E-state index < -0.39 is 6.04 Å². The molecule has 1 amide bonds. The molecule has 0 saturated heterocycles. The Balaban J connectivity index is 1.75. The van der Waals surface area contributed by atoms with Crippen LogP contribution in [0.4, 0.5) is 0 Å². The summed E-state index contributed by atoms with van der Waals surface area (Å²) < 4.78 is 0. The van der Waals surface area contributed by atoms with Crippen molar-refractivity contribution in [2.24, 2.45) is 0 Å². The molecule has 1 atom stereocenters. The normalized spacial score (nSPS) is 11.7. The van der Waals surface area contributed by atoms with Gasteiger partial charge in [0.05, 0.1) is 11.7 Å². The van der Waals surface area contributed by atoms with Crippen LogP contribution in [0.3, 0.4) is 0 Å². The Morgan fingerprint density at radius 2 is 1.85 bits per heavy atom. The fourth-order valence-electron chi connectivity index (χ4n) is 3.73. The van der Waals surface area contributed by atoms with Crippen LogP contribution >= 0.6 is 0 Å². The Morgan fingerprint density at radius 3 is 2.48 bits per heavy atom. The van der Waals surface area contributed by atoms with Crippen molar-refractivity contribution in [3.05, 3.63) is 89.1 Å². The van der Waals surface area contributed by atoms with E-state index in [1.807, 2.05) is 54.5 Å². The molecule has 1 aromatic heterocycles. The molecule has 0 spiro atoms. The smallest absolute Gasteiger partial charge is 0.219 e. The summed E-state index contributed by atoms with van der Waals surface area (Å²) >= 11 is 0. The Morgan fingerprint density at radius 1 is 1.06 bits per heavy atom. The van der Waals surface area contributed by atoms with Crippen LogP contribution < -0.4 is 5.32 Å². The molecule has 170 valence electrons. The maximum atomic E-state index is 11.6. The molecule has 1 N–H and O–H groups in total. The van der Waals surface area contributed by atoms with E-state index in [2.05, 4.69) is 28.5 Å². The number of amides is 1. The van der Waals surface area contributed by atoms with Crippen LogP contribution in [0.1, 0.15) is 39.9 Å². The predicted octanol–water partition coefficient (Wildman–Crippen LogP) is 3.68. The average molecular weight is 444 g/mol. The largest absolute Gasteiger partial charge is 0.359 e. The molecule has 6 nitrogen and oxygen atoms in total. The zero-order valence-electron chi connectivity index (χ0n) is 19.0. The van der Waals surface area contributed by atoms with Crippen LogP contribution in [0.15, 0.2) is 66.9 Å². The molecule has 0 saturated carbocycles. The summed E-state index contributed by atoms with van der Waals surface area (Å²) in [6.07, 6.45) is 5.05. The Kier molecular flexibility index (Phi) is 8.61. The molecule has 0 radical (unpaired) electrons. The summed E-state index contributed by atoms with van der Waals surface area (Å²) in [5, 5.41) is 2.57. The number of aromatic nitrogens is 1. The molecular formula is C27H29N3O3. The average Bonchev–Trinajstić information content (AvgIpc) is 2.85. The van der Waals surface area contributed by atoms with E-state index in [0.717, 1.165) is 41.4 Å². The van der Waals surface area contributed by atoms with E-state index in [0.29, 0.717) is 18.5 Å². The van der Waals surface area contributed by atoms with Crippen LogP contribution in [0.5, 0.6) is 0 Å². The summed E-state index contributed by atoms with van der Waals surface area (Å²) in [5.41, 5.74) is 5.46. The van der Waals surface area contributed by atoms with Gasteiger partial charge in [0.1, 0.15) is 12.6 Å². The van der Waals surface area contributed by atoms with Crippen LogP contribution in [-0.4, -0.2) is 48.5 Å². The van der Waals surface area contributed by atoms with E-state index >= 15 is 0 Å². The maximum Gasteiger partial charge on any atom is 0.219 e. The van der Waals surface area contributed by atoms with Gasteiger partial charge in [0.25, 0.3) is 0 Å². The van der Waals surface area contributed by atoms with Crippen molar-refractivity contribution in [1.29, 1.82) is 0 Å². The monoisotopic (exact) mass is 443 g/mol. The fraction of sp³-hybridized carbons (Fsp3) is 0.259. The van der Waals surface area contributed by atoms with Gasteiger partial charge in [-0.15, -0.1) is 0 Å². The number of nitrogens with zero attached hydrogens (tertiary/aromatic N) is 2. The highest BCUT2D eigenvalue weighted by Gasteiger charge is 2.17. The lowest BCUT2D eigenvalue weighted by Gasteiger charge is -2.24. The first-order chi connectivity index (χ1) is 16.0. The predicted molar refractivity (Wildman–Crippen MR) is 129 cm³/mol. The SMILES string of the molecule is CNC(=O)CCC(C=O)N(C)Cc1cc(-c2ccc(Cc3ccccc3)cn2)ccc1C=O. The number of carbonyl (C=O) groups excluding carboxylic acids is 3. The Hall–Kier alpha value is -3.64. The molecule has 3 rings (SSSR count). The van der Waals surface area contributed by atoms with E-state index in [1.165, 1.54) is 5.56 Å². The van der Waals surface area contributed by atoms with Crippen LogP contribution in [0.25, 0.3) is 11.3 Å². The molecule has 0 bridgehead atoms. The molecule has 0 aliphatic rings. The third kappa shape index (κ3) is 6.67. The zero-order valence-corrected chi connectivity index (χ0v) is 19.0. The molecule has 33 heavy (non-hydrogen) atoms. The summed E-state index contributed by atoms with van der Waals surface area (Å²) in [7, 11) is 3.40. The van der Waals surface area contributed by atoms with Crippen molar-refractivity contribution < 1.29 is 14.4 Å². The minimum absolute atomic E-state index is 0.104. The van der Waals surface area contributed by atoms with Gasteiger partial charge in [0, 0.05) is 37.3 Å². The number of carbonyl (C=O) groups is 3. The van der Waals surface area contributed by atoms with Crippen molar-refractivity contribution >= 4 is 18.5 Å². The van der Waals surface area contributed by atoms with Gasteiger partial charge in [-0.1, -0.05) is 48.5 Å². The standard InChI is InChI=1S/C27H29N3O3/c1-28-27(33)13-11-25(19-32)30(2)17-24-15-22(9-10-23(24)18-31)26-12-8-21(16-29-26)14-20-6-4-3-5-7-20/h3-10,12,15-16,18-19,25H,11,13-14,17H2,1-2H3,(H,28,33). The minimum Gasteiger partial charge on any atom is -0.359 e. The van der Waals surface area contributed by atoms with Gasteiger partial charge in [-0.2, -0.15) is 0 Å². The second-order valence-electron chi connectivity index (χ2n) is 8.08. The quantitative estimate of drug-likeness (QED) is 0.458. The summed E-state index contributed by atoms with van der Waals surface area (Å²) in [5.74, 6) is -0.104. The number of hydrogen-bond acceptors (Lipinski definition) is 5. The first-order valence-corrected chi connectivity index (χ1v) is 11.0. The summed E-state index contributed by atoms with van der Waals surface area (Å²) in [6.45, 7) is 0.408. The summed E-state index contributed by atoms with van der Waals surface area (Å²) in [4.78, 5) is 41.2. The Bertz CT molecular complexity index is 1080.